The highest BCUT2D eigenvalue weighted by Crippen LogP contribution is 2.47. The second kappa shape index (κ2) is 23.8. The van der Waals surface area contributed by atoms with Crippen LogP contribution in [0.15, 0.2) is 146 Å². The Morgan fingerprint density at radius 1 is 0.583 bits per heavy atom. The molecule has 0 aromatic heterocycles. The summed E-state index contributed by atoms with van der Waals surface area (Å²) in [5.74, 6) is -2.99. The molecule has 10 atom stereocenters. The van der Waals surface area contributed by atoms with E-state index in [4.69, 9.17) is 69.8 Å². The molecule has 0 saturated carbocycles. The average molecular weight is 1010 g/mol. The minimum absolute atomic E-state index is 0.00581. The van der Waals surface area contributed by atoms with E-state index in [0.717, 1.165) is 22.3 Å². The number of rotatable bonds is 23. The van der Waals surface area contributed by atoms with Gasteiger partial charge in [0.15, 0.2) is 17.9 Å². The molecular formula is C56H68O15Si. The highest BCUT2D eigenvalue weighted by molar-refractivity contribution is 6.53. The molecular weight excluding hydrogens is 941 g/mol. The van der Waals surface area contributed by atoms with Crippen LogP contribution in [0.25, 0.3) is 0 Å². The molecule has 386 valence electrons. The van der Waals surface area contributed by atoms with Crippen LogP contribution in [0.4, 0.5) is 0 Å². The van der Waals surface area contributed by atoms with Crippen molar-refractivity contribution in [1.82, 2.24) is 0 Å². The molecule has 5 aromatic rings. The number of benzene rings is 5. The summed E-state index contributed by atoms with van der Waals surface area (Å²) in [6, 6.07) is 47.4. The lowest BCUT2D eigenvalue weighted by molar-refractivity contribution is -0.338. The highest BCUT2D eigenvalue weighted by Gasteiger charge is 2.68. The monoisotopic (exact) mass is 1010 g/mol. The van der Waals surface area contributed by atoms with E-state index >= 15 is 0 Å². The van der Waals surface area contributed by atoms with Crippen LogP contribution in [-0.2, 0) is 97.9 Å². The van der Waals surface area contributed by atoms with Gasteiger partial charge in [-0.1, -0.05) is 140 Å². The number of hydrogen-bond donors (Lipinski definition) is 0. The Kier molecular flexibility index (Phi) is 17.4. The van der Waals surface area contributed by atoms with Crippen molar-refractivity contribution in [1.29, 1.82) is 0 Å². The van der Waals surface area contributed by atoms with E-state index in [-0.39, 0.29) is 46.2 Å². The van der Waals surface area contributed by atoms with Crippen LogP contribution in [0.1, 0.15) is 55.5 Å². The molecule has 15 nitrogen and oxygen atoms in total. The number of methoxy groups -OCH3 is 2. The SMILES string of the molecule is COc1ccccc1CO[Si](OCCc1ccccc1)(O[C@@H]1[C@@H](OCc2ccccc2)[C@@H](OC)O[C@H](COCc2ccccc2)[C@H]1OCc1ccccc1)O[C@H]1[C@@H]2OC(C)(C)O[C@@H]2CO[C@]12COC(C)(C)O2. The van der Waals surface area contributed by atoms with Crippen LogP contribution in [0, 0.1) is 0 Å². The molecule has 0 bridgehead atoms. The van der Waals surface area contributed by atoms with Crippen molar-refractivity contribution in [2.24, 2.45) is 0 Å². The van der Waals surface area contributed by atoms with E-state index in [1.54, 1.807) is 14.2 Å². The lowest BCUT2D eigenvalue weighted by Crippen LogP contribution is -2.70. The smallest absolute Gasteiger partial charge is 0.496 e. The maximum absolute atomic E-state index is 7.72. The fraction of sp³-hybridized carbons (Fsp3) is 0.464. The summed E-state index contributed by atoms with van der Waals surface area (Å²) in [5.41, 5.74) is 4.59. The maximum atomic E-state index is 7.72. The summed E-state index contributed by atoms with van der Waals surface area (Å²) in [5, 5.41) is 0. The molecule has 1 spiro atoms. The summed E-state index contributed by atoms with van der Waals surface area (Å²) < 4.78 is 102. The van der Waals surface area contributed by atoms with Crippen molar-refractivity contribution in [3.05, 3.63) is 173 Å². The van der Waals surface area contributed by atoms with Crippen molar-refractivity contribution < 1.29 is 69.8 Å². The summed E-state index contributed by atoms with van der Waals surface area (Å²) in [7, 11) is -1.57. The summed E-state index contributed by atoms with van der Waals surface area (Å²) in [6.45, 7) is 8.32. The van der Waals surface area contributed by atoms with Crippen LogP contribution >= 0.6 is 0 Å². The molecule has 4 aliphatic heterocycles. The molecule has 0 amide bonds. The number of fused-ring (bicyclic) bond motifs is 1. The van der Waals surface area contributed by atoms with E-state index in [2.05, 4.69) is 0 Å². The van der Waals surface area contributed by atoms with Gasteiger partial charge in [0.1, 0.15) is 55.1 Å². The maximum Gasteiger partial charge on any atom is 0.681 e. The van der Waals surface area contributed by atoms with Crippen LogP contribution in [0.3, 0.4) is 0 Å². The molecule has 4 aliphatic rings. The van der Waals surface area contributed by atoms with Crippen molar-refractivity contribution >= 4 is 9.05 Å². The molecule has 5 aromatic carbocycles. The lowest BCUT2D eigenvalue weighted by atomic mass is 9.97. The largest absolute Gasteiger partial charge is 0.681 e. The van der Waals surface area contributed by atoms with Gasteiger partial charge in [-0.15, -0.1) is 0 Å². The zero-order valence-corrected chi connectivity index (χ0v) is 43.0. The minimum Gasteiger partial charge on any atom is -0.496 e. The Bertz CT molecular complexity index is 2420. The standard InChI is InChI=1S/C56H68O15Si/c1-54(2)63-39-56(71-54)52(49-47(38-62-56)67-55(3,4)68-49)70-72(64-32-31-40-21-11-7-12-22-40,65-36-44-29-19-20-30-45(44)57-5)69-50-48(60-34-42-25-15-9-16-26-42)46(37-59-33-41-23-13-8-14-24-41)66-53(58-6)51(50)61-35-43-27-17-10-18-28-43/h7-30,46-53H,31-39H2,1-6H3/t46-,47-,48-,49-,50+,51-,52+,53+,56+,72?/m1/s1. The van der Waals surface area contributed by atoms with Gasteiger partial charge in [0.2, 0.25) is 5.79 Å². The molecule has 1 unspecified atom stereocenters. The highest BCUT2D eigenvalue weighted by atomic mass is 28.4. The van der Waals surface area contributed by atoms with Gasteiger partial charge in [-0.3, -0.25) is 0 Å². The fourth-order valence-electron chi connectivity index (χ4n) is 9.49. The summed E-state index contributed by atoms with van der Waals surface area (Å²) in [6.07, 6.45) is -6.68. The Labute approximate surface area is 424 Å². The molecule has 0 N–H and O–H groups in total. The van der Waals surface area contributed by atoms with Crippen molar-refractivity contribution in [3.8, 4) is 5.75 Å². The average Bonchev–Trinajstić information content (AvgIpc) is 3.90. The van der Waals surface area contributed by atoms with Gasteiger partial charge < -0.3 is 69.8 Å². The zero-order valence-electron chi connectivity index (χ0n) is 42.0. The molecule has 9 rings (SSSR count). The van der Waals surface area contributed by atoms with Crippen molar-refractivity contribution in [2.75, 3.05) is 40.6 Å². The first-order valence-corrected chi connectivity index (χ1v) is 26.3. The Hall–Kier alpha value is -4.44. The van der Waals surface area contributed by atoms with Gasteiger partial charge in [-0.25, -0.2) is 0 Å². The third kappa shape index (κ3) is 13.1. The van der Waals surface area contributed by atoms with Crippen LogP contribution in [0.2, 0.25) is 0 Å². The van der Waals surface area contributed by atoms with Gasteiger partial charge in [-0.05, 0) is 62.4 Å². The molecule has 0 radical (unpaired) electrons. The van der Waals surface area contributed by atoms with Crippen molar-refractivity contribution in [2.45, 2.75) is 127 Å². The van der Waals surface area contributed by atoms with E-state index in [1.165, 1.54) is 0 Å². The lowest BCUT2D eigenvalue weighted by Gasteiger charge is -2.49. The molecule has 0 aliphatic carbocycles. The zero-order chi connectivity index (χ0) is 50.0. The Morgan fingerprint density at radius 3 is 1.79 bits per heavy atom. The summed E-state index contributed by atoms with van der Waals surface area (Å²) in [4.78, 5) is 0. The minimum atomic E-state index is -4.76. The van der Waals surface area contributed by atoms with Crippen LogP contribution in [0.5, 0.6) is 5.75 Å². The van der Waals surface area contributed by atoms with Gasteiger partial charge in [-0.2, -0.15) is 0 Å². The van der Waals surface area contributed by atoms with E-state index in [0.29, 0.717) is 24.3 Å². The third-order valence-corrected chi connectivity index (χ3v) is 15.1. The molecule has 4 heterocycles. The van der Waals surface area contributed by atoms with Crippen LogP contribution in [-0.4, -0.2) is 116 Å². The second-order valence-electron chi connectivity index (χ2n) is 19.2. The number of hydrogen-bond acceptors (Lipinski definition) is 15. The topological polar surface area (TPSA) is 138 Å². The predicted molar refractivity (Wildman–Crippen MR) is 265 cm³/mol. The predicted octanol–water partition coefficient (Wildman–Crippen LogP) is 8.47. The van der Waals surface area contributed by atoms with E-state index < -0.39 is 75.4 Å². The second-order valence-corrected chi connectivity index (χ2v) is 21.2. The third-order valence-electron chi connectivity index (χ3n) is 12.9. The molecule has 4 saturated heterocycles. The Morgan fingerprint density at radius 2 is 1.18 bits per heavy atom. The molecule has 4 fully saturated rings. The van der Waals surface area contributed by atoms with Gasteiger partial charge >= 0.3 is 9.05 Å². The number of ether oxygens (including phenoxy) is 11. The summed E-state index contributed by atoms with van der Waals surface area (Å²) >= 11 is 0. The Balaban J connectivity index is 1.18. The van der Waals surface area contributed by atoms with Gasteiger partial charge in [0.25, 0.3) is 0 Å². The quantitative estimate of drug-likeness (QED) is 0.0578. The van der Waals surface area contributed by atoms with Crippen molar-refractivity contribution in [3.63, 3.8) is 0 Å². The van der Waals surface area contributed by atoms with Gasteiger partial charge in [0.05, 0.1) is 46.8 Å². The van der Waals surface area contributed by atoms with Gasteiger partial charge in [0, 0.05) is 19.3 Å². The first-order chi connectivity index (χ1) is 34.9. The normalized spacial score (nSPS) is 28.4. The first kappa shape index (κ1) is 52.4. The fourth-order valence-corrected chi connectivity index (χ4v) is 11.8. The molecule has 16 heteroatoms. The number of para-hydroxylation sites is 1. The first-order valence-electron chi connectivity index (χ1n) is 24.7. The van der Waals surface area contributed by atoms with Crippen LogP contribution < -0.4 is 4.74 Å². The molecule has 72 heavy (non-hydrogen) atoms. The van der Waals surface area contributed by atoms with E-state index in [1.807, 2.05) is 173 Å². The van der Waals surface area contributed by atoms with E-state index in [9.17, 15) is 0 Å².